The van der Waals surface area contributed by atoms with E-state index in [4.69, 9.17) is 10.00 Å². The normalized spacial score (nSPS) is 11.2. The van der Waals surface area contributed by atoms with Crippen molar-refractivity contribution < 1.29 is 22.7 Å². The van der Waals surface area contributed by atoms with Gasteiger partial charge in [-0.15, -0.1) is 0 Å². The van der Waals surface area contributed by atoms with Crippen LogP contribution in [-0.4, -0.2) is 46.0 Å². The Kier molecular flexibility index (Phi) is 5.39. The molecule has 0 unspecified atom stereocenters. The molecule has 0 amide bonds. The predicted molar refractivity (Wildman–Crippen MR) is 86.9 cm³/mol. The standard InChI is InChI=1S/C16H16N2O5S/c1-22-14-7-8-15(13-6-4-3-5-12(13)14)24(20,21)18(10-9-17)11-16(19)23-2/h3-8H,10-11H2,1-2H3. The van der Waals surface area contributed by atoms with Crippen molar-refractivity contribution in [3.63, 3.8) is 0 Å². The first-order valence-electron chi connectivity index (χ1n) is 6.95. The molecule has 0 saturated heterocycles. The average Bonchev–Trinajstić information content (AvgIpc) is 2.60. The average molecular weight is 348 g/mol. The Morgan fingerprint density at radius 3 is 2.42 bits per heavy atom. The van der Waals surface area contributed by atoms with E-state index < -0.39 is 29.1 Å². The van der Waals surface area contributed by atoms with Crippen molar-refractivity contribution >= 4 is 26.8 Å². The van der Waals surface area contributed by atoms with Crippen LogP contribution in [0.4, 0.5) is 0 Å². The molecular weight excluding hydrogens is 332 g/mol. The quantitative estimate of drug-likeness (QED) is 0.580. The van der Waals surface area contributed by atoms with E-state index in [1.165, 1.54) is 19.2 Å². The minimum absolute atomic E-state index is 0.00180. The first-order chi connectivity index (χ1) is 11.5. The van der Waals surface area contributed by atoms with Gasteiger partial charge in [-0.3, -0.25) is 4.79 Å². The van der Waals surface area contributed by atoms with Crippen LogP contribution in [0.25, 0.3) is 10.8 Å². The lowest BCUT2D eigenvalue weighted by Gasteiger charge is -2.19. The molecule has 0 aromatic heterocycles. The molecule has 126 valence electrons. The number of hydrogen-bond donors (Lipinski definition) is 0. The summed E-state index contributed by atoms with van der Waals surface area (Å²) < 4.78 is 36.4. The molecule has 0 radical (unpaired) electrons. The Morgan fingerprint density at radius 2 is 1.83 bits per heavy atom. The number of carbonyl (C=O) groups is 1. The molecule has 0 saturated carbocycles. The number of nitrogens with zero attached hydrogens (tertiary/aromatic N) is 2. The van der Waals surface area contributed by atoms with Crippen LogP contribution in [-0.2, 0) is 19.6 Å². The summed E-state index contributed by atoms with van der Waals surface area (Å²) in [6, 6.07) is 11.6. The van der Waals surface area contributed by atoms with Crippen molar-refractivity contribution in [1.29, 1.82) is 5.26 Å². The molecular formula is C16H16N2O5S. The van der Waals surface area contributed by atoms with Gasteiger partial charge in [0, 0.05) is 10.8 Å². The largest absolute Gasteiger partial charge is 0.496 e. The van der Waals surface area contributed by atoms with Gasteiger partial charge in [-0.05, 0) is 12.1 Å². The molecule has 2 rings (SSSR count). The van der Waals surface area contributed by atoms with Gasteiger partial charge in [0.1, 0.15) is 18.8 Å². The third kappa shape index (κ3) is 3.32. The van der Waals surface area contributed by atoms with Gasteiger partial charge in [-0.2, -0.15) is 9.57 Å². The van der Waals surface area contributed by atoms with E-state index >= 15 is 0 Å². The van der Waals surface area contributed by atoms with Gasteiger partial charge in [0.25, 0.3) is 0 Å². The van der Waals surface area contributed by atoms with Crippen LogP contribution < -0.4 is 4.74 Å². The number of methoxy groups -OCH3 is 2. The SMILES string of the molecule is COC(=O)CN(CC#N)S(=O)(=O)c1ccc(OC)c2ccccc12. The smallest absolute Gasteiger partial charge is 0.321 e. The van der Waals surface area contributed by atoms with Gasteiger partial charge >= 0.3 is 5.97 Å². The minimum Gasteiger partial charge on any atom is -0.496 e. The fourth-order valence-corrected chi connectivity index (χ4v) is 3.78. The molecule has 0 N–H and O–H groups in total. The maximum Gasteiger partial charge on any atom is 0.321 e. The fourth-order valence-electron chi connectivity index (χ4n) is 2.30. The number of carbonyl (C=O) groups excluding carboxylic acids is 1. The highest BCUT2D eigenvalue weighted by molar-refractivity contribution is 7.89. The lowest BCUT2D eigenvalue weighted by atomic mass is 10.1. The van der Waals surface area contributed by atoms with Crippen LogP contribution in [0, 0.1) is 11.3 Å². The summed E-state index contributed by atoms with van der Waals surface area (Å²) in [4.78, 5) is 11.5. The van der Waals surface area contributed by atoms with Crippen LogP contribution in [0.2, 0.25) is 0 Å². The van der Waals surface area contributed by atoms with E-state index in [9.17, 15) is 13.2 Å². The Morgan fingerprint density at radius 1 is 1.17 bits per heavy atom. The van der Waals surface area contributed by atoms with Crippen molar-refractivity contribution in [3.05, 3.63) is 36.4 Å². The molecule has 0 fully saturated rings. The molecule has 2 aromatic carbocycles. The van der Waals surface area contributed by atoms with E-state index in [2.05, 4.69) is 4.74 Å². The number of fused-ring (bicyclic) bond motifs is 1. The second-order valence-corrected chi connectivity index (χ2v) is 6.73. The zero-order chi connectivity index (χ0) is 17.7. The first kappa shape index (κ1) is 17.7. The number of ether oxygens (including phenoxy) is 2. The molecule has 24 heavy (non-hydrogen) atoms. The zero-order valence-electron chi connectivity index (χ0n) is 13.2. The molecule has 0 heterocycles. The van der Waals surface area contributed by atoms with Crippen molar-refractivity contribution in [2.75, 3.05) is 27.3 Å². The highest BCUT2D eigenvalue weighted by Gasteiger charge is 2.29. The lowest BCUT2D eigenvalue weighted by molar-refractivity contribution is -0.140. The van der Waals surface area contributed by atoms with Crippen molar-refractivity contribution in [3.8, 4) is 11.8 Å². The number of esters is 1. The second kappa shape index (κ2) is 7.29. The summed E-state index contributed by atoms with van der Waals surface area (Å²) in [6.07, 6.45) is 0. The Bertz CT molecular complexity index is 902. The van der Waals surface area contributed by atoms with E-state index in [1.807, 2.05) is 0 Å². The number of nitriles is 1. The van der Waals surface area contributed by atoms with Crippen LogP contribution in [0.3, 0.4) is 0 Å². The highest BCUT2D eigenvalue weighted by atomic mass is 32.2. The minimum atomic E-state index is -4.07. The van der Waals surface area contributed by atoms with Crippen LogP contribution in [0.15, 0.2) is 41.3 Å². The molecule has 2 aromatic rings. The first-order valence-corrected chi connectivity index (χ1v) is 8.39. The number of rotatable bonds is 6. The molecule has 0 atom stereocenters. The summed E-state index contributed by atoms with van der Waals surface area (Å²) in [5.41, 5.74) is 0. The topological polar surface area (TPSA) is 96.7 Å². The van der Waals surface area contributed by atoms with E-state index in [1.54, 1.807) is 30.3 Å². The van der Waals surface area contributed by atoms with E-state index in [-0.39, 0.29) is 4.90 Å². The van der Waals surface area contributed by atoms with Gasteiger partial charge in [-0.1, -0.05) is 24.3 Å². The summed E-state index contributed by atoms with van der Waals surface area (Å²) in [7, 11) is -1.42. The highest BCUT2D eigenvalue weighted by Crippen LogP contribution is 2.32. The van der Waals surface area contributed by atoms with Crippen LogP contribution in [0.5, 0.6) is 5.75 Å². The Labute approximate surface area is 140 Å². The molecule has 7 nitrogen and oxygen atoms in total. The van der Waals surface area contributed by atoms with E-state index in [0.29, 0.717) is 16.5 Å². The van der Waals surface area contributed by atoms with Gasteiger partial charge < -0.3 is 9.47 Å². The summed E-state index contributed by atoms with van der Waals surface area (Å²) in [5.74, 6) is -0.212. The maximum absolute atomic E-state index is 12.9. The van der Waals surface area contributed by atoms with Gasteiger partial charge in [0.05, 0.1) is 25.2 Å². The fraction of sp³-hybridized carbons (Fsp3) is 0.250. The third-order valence-electron chi connectivity index (χ3n) is 3.46. The molecule has 0 spiro atoms. The van der Waals surface area contributed by atoms with Crippen molar-refractivity contribution in [1.82, 2.24) is 4.31 Å². The Hall–Kier alpha value is -2.63. The van der Waals surface area contributed by atoms with E-state index in [0.717, 1.165) is 11.4 Å². The Balaban J connectivity index is 2.62. The molecule has 0 aliphatic rings. The van der Waals surface area contributed by atoms with Gasteiger partial charge in [0.15, 0.2) is 0 Å². The third-order valence-corrected chi connectivity index (χ3v) is 5.31. The lowest BCUT2D eigenvalue weighted by Crippen LogP contribution is -2.36. The molecule has 0 bridgehead atoms. The van der Waals surface area contributed by atoms with Gasteiger partial charge in [0.2, 0.25) is 10.0 Å². The second-order valence-electron chi connectivity index (χ2n) is 4.82. The molecule has 0 aliphatic carbocycles. The molecule has 8 heteroatoms. The predicted octanol–water partition coefficient (Wildman–Crippen LogP) is 1.54. The summed E-state index contributed by atoms with van der Waals surface area (Å²) in [6.45, 7) is -0.995. The van der Waals surface area contributed by atoms with Crippen molar-refractivity contribution in [2.45, 2.75) is 4.90 Å². The van der Waals surface area contributed by atoms with Gasteiger partial charge in [-0.25, -0.2) is 8.42 Å². The number of benzene rings is 2. The maximum atomic E-state index is 12.9. The van der Waals surface area contributed by atoms with Crippen molar-refractivity contribution in [2.24, 2.45) is 0 Å². The number of hydrogen-bond acceptors (Lipinski definition) is 6. The monoisotopic (exact) mass is 348 g/mol. The van der Waals surface area contributed by atoms with Crippen LogP contribution in [0.1, 0.15) is 0 Å². The zero-order valence-corrected chi connectivity index (χ0v) is 14.0. The molecule has 0 aliphatic heterocycles. The van der Waals surface area contributed by atoms with Crippen LogP contribution >= 0.6 is 0 Å². The number of sulfonamides is 1. The summed E-state index contributed by atoms with van der Waals surface area (Å²) >= 11 is 0. The summed E-state index contributed by atoms with van der Waals surface area (Å²) in [5, 5.41) is 9.97.